The van der Waals surface area contributed by atoms with Gasteiger partial charge in [-0.25, -0.2) is 0 Å². The molecule has 128 valence electrons. The number of guanidine groups is 1. The first-order valence-corrected chi connectivity index (χ1v) is 9.99. The van der Waals surface area contributed by atoms with E-state index in [4.69, 9.17) is 0 Å². The van der Waals surface area contributed by atoms with Crippen LogP contribution in [0.3, 0.4) is 0 Å². The molecule has 6 nitrogen and oxygen atoms in total. The average molecular weight is 337 g/mol. The molecule has 1 aromatic heterocycles. The third-order valence-corrected chi connectivity index (χ3v) is 5.26. The Bertz CT molecular complexity index is 531. The lowest BCUT2D eigenvalue weighted by Crippen LogP contribution is -2.39. The summed E-state index contributed by atoms with van der Waals surface area (Å²) in [6.45, 7) is 0.915. The predicted molar refractivity (Wildman–Crippen MR) is 95.1 cm³/mol. The van der Waals surface area contributed by atoms with Gasteiger partial charge in [0.25, 0.3) is 0 Å². The fraction of sp³-hybridized carbons (Fsp3) is 0.812. The van der Waals surface area contributed by atoms with Crippen molar-refractivity contribution in [1.82, 2.24) is 25.4 Å². The largest absolute Gasteiger partial charge is 0.356 e. The Morgan fingerprint density at radius 1 is 1.26 bits per heavy atom. The van der Waals surface area contributed by atoms with Gasteiger partial charge in [0.15, 0.2) is 11.1 Å². The van der Waals surface area contributed by atoms with E-state index in [9.17, 15) is 0 Å². The Balaban J connectivity index is 1.50. The number of aryl methyl sites for hydroxylation is 1. The minimum atomic E-state index is 0.611. The van der Waals surface area contributed by atoms with E-state index in [1.807, 2.05) is 7.05 Å². The molecule has 2 aliphatic rings. The molecule has 2 N–H and O–H groups in total. The van der Waals surface area contributed by atoms with E-state index in [1.54, 1.807) is 11.8 Å². The van der Waals surface area contributed by atoms with Gasteiger partial charge in [-0.05, 0) is 38.4 Å². The van der Waals surface area contributed by atoms with Crippen molar-refractivity contribution in [2.45, 2.75) is 68.6 Å². The molecule has 2 fully saturated rings. The first-order chi connectivity index (χ1) is 11.3. The number of rotatable bonds is 7. The molecular weight excluding hydrogens is 308 g/mol. The van der Waals surface area contributed by atoms with Crippen LogP contribution in [-0.2, 0) is 6.42 Å². The molecule has 0 radical (unpaired) electrons. The van der Waals surface area contributed by atoms with Crippen molar-refractivity contribution in [1.29, 1.82) is 0 Å². The summed E-state index contributed by atoms with van der Waals surface area (Å²) in [6, 6.07) is 1.25. The van der Waals surface area contributed by atoms with Crippen molar-refractivity contribution in [3.05, 3.63) is 5.82 Å². The Morgan fingerprint density at radius 2 is 2.04 bits per heavy atom. The van der Waals surface area contributed by atoms with Crippen molar-refractivity contribution >= 4 is 17.7 Å². The van der Waals surface area contributed by atoms with Gasteiger partial charge in [-0.15, -0.1) is 10.2 Å². The first kappa shape index (κ1) is 16.6. The summed E-state index contributed by atoms with van der Waals surface area (Å²) in [5, 5.41) is 16.7. The van der Waals surface area contributed by atoms with Gasteiger partial charge in [0, 0.05) is 32.1 Å². The normalized spacial score (nSPS) is 19.3. The molecule has 0 amide bonds. The minimum Gasteiger partial charge on any atom is -0.356 e. The van der Waals surface area contributed by atoms with Crippen LogP contribution in [0.4, 0.5) is 0 Å². The SMILES string of the molecule is CN=C(NCCCc1nnc(SC)n1C1CCCC1)NC1CC1. The second-order valence-electron chi connectivity index (χ2n) is 6.43. The molecular formula is C16H28N6S. The second kappa shape index (κ2) is 8.04. The molecule has 0 aromatic carbocycles. The molecule has 0 bridgehead atoms. The van der Waals surface area contributed by atoms with Gasteiger partial charge < -0.3 is 15.2 Å². The van der Waals surface area contributed by atoms with E-state index in [2.05, 4.69) is 36.6 Å². The zero-order chi connectivity index (χ0) is 16.1. The van der Waals surface area contributed by atoms with E-state index in [0.29, 0.717) is 12.1 Å². The Hall–Kier alpha value is -1.24. The summed E-state index contributed by atoms with van der Waals surface area (Å²) in [5.74, 6) is 2.07. The summed E-state index contributed by atoms with van der Waals surface area (Å²) in [7, 11) is 1.83. The Labute approximate surface area is 142 Å². The molecule has 0 saturated heterocycles. The van der Waals surface area contributed by atoms with Crippen molar-refractivity contribution in [2.75, 3.05) is 19.8 Å². The third-order valence-electron chi connectivity index (χ3n) is 4.62. The van der Waals surface area contributed by atoms with Gasteiger partial charge in [-0.3, -0.25) is 4.99 Å². The molecule has 0 atom stereocenters. The number of aliphatic imine (C=N–C) groups is 1. The predicted octanol–water partition coefficient (Wildman–Crippen LogP) is 2.38. The monoisotopic (exact) mass is 336 g/mol. The fourth-order valence-electron chi connectivity index (χ4n) is 3.22. The maximum absolute atomic E-state index is 4.45. The lowest BCUT2D eigenvalue weighted by molar-refractivity contribution is 0.460. The summed E-state index contributed by atoms with van der Waals surface area (Å²) in [6.07, 6.45) is 11.9. The fourth-order valence-corrected chi connectivity index (χ4v) is 3.79. The van der Waals surface area contributed by atoms with Crippen LogP contribution in [0.5, 0.6) is 0 Å². The van der Waals surface area contributed by atoms with Crippen LogP contribution in [0, 0.1) is 0 Å². The van der Waals surface area contributed by atoms with Crippen molar-refractivity contribution in [3.8, 4) is 0 Å². The van der Waals surface area contributed by atoms with E-state index >= 15 is 0 Å². The number of hydrogen-bond acceptors (Lipinski definition) is 4. The molecule has 0 spiro atoms. The molecule has 2 saturated carbocycles. The van der Waals surface area contributed by atoms with Gasteiger partial charge in [0.2, 0.25) is 0 Å². The van der Waals surface area contributed by atoms with Crippen molar-refractivity contribution in [3.63, 3.8) is 0 Å². The van der Waals surface area contributed by atoms with E-state index in [-0.39, 0.29) is 0 Å². The Kier molecular flexibility index (Phi) is 5.80. The summed E-state index contributed by atoms with van der Waals surface area (Å²) in [5.41, 5.74) is 0. The summed E-state index contributed by atoms with van der Waals surface area (Å²) < 4.78 is 2.40. The zero-order valence-electron chi connectivity index (χ0n) is 14.2. The van der Waals surface area contributed by atoms with Crippen LogP contribution in [0.1, 0.15) is 56.8 Å². The van der Waals surface area contributed by atoms with Crippen molar-refractivity contribution in [2.24, 2.45) is 4.99 Å². The van der Waals surface area contributed by atoms with Crippen LogP contribution in [0.15, 0.2) is 10.1 Å². The van der Waals surface area contributed by atoms with Crippen LogP contribution in [0.2, 0.25) is 0 Å². The third kappa shape index (κ3) is 4.40. The highest BCUT2D eigenvalue weighted by atomic mass is 32.2. The summed E-state index contributed by atoms with van der Waals surface area (Å²) in [4.78, 5) is 4.27. The van der Waals surface area contributed by atoms with Crippen molar-refractivity contribution < 1.29 is 0 Å². The molecule has 23 heavy (non-hydrogen) atoms. The molecule has 3 rings (SSSR count). The maximum atomic E-state index is 4.45. The Morgan fingerprint density at radius 3 is 2.70 bits per heavy atom. The molecule has 0 unspecified atom stereocenters. The van der Waals surface area contributed by atoms with Crippen LogP contribution < -0.4 is 10.6 Å². The minimum absolute atomic E-state index is 0.611. The molecule has 0 aliphatic heterocycles. The lowest BCUT2D eigenvalue weighted by Gasteiger charge is -2.16. The molecule has 7 heteroatoms. The summed E-state index contributed by atoms with van der Waals surface area (Å²) >= 11 is 1.71. The number of nitrogens with one attached hydrogen (secondary N) is 2. The highest BCUT2D eigenvalue weighted by molar-refractivity contribution is 7.98. The topological polar surface area (TPSA) is 67.1 Å². The number of aromatic nitrogens is 3. The van der Waals surface area contributed by atoms with E-state index in [0.717, 1.165) is 36.3 Å². The van der Waals surface area contributed by atoms with E-state index < -0.39 is 0 Å². The standard InChI is InChI=1S/C16H28N6S/c1-17-15(19-12-9-10-12)18-11-5-8-14-20-21-16(23-2)22(14)13-6-3-4-7-13/h12-13H,3-11H2,1-2H3,(H2,17,18,19). The van der Waals surface area contributed by atoms with Crippen LogP contribution >= 0.6 is 11.8 Å². The first-order valence-electron chi connectivity index (χ1n) is 8.76. The van der Waals surface area contributed by atoms with Gasteiger partial charge in [-0.1, -0.05) is 24.6 Å². The smallest absolute Gasteiger partial charge is 0.191 e. The number of thioether (sulfide) groups is 1. The highest BCUT2D eigenvalue weighted by Crippen LogP contribution is 2.33. The molecule has 1 heterocycles. The van der Waals surface area contributed by atoms with Gasteiger partial charge in [0.05, 0.1) is 0 Å². The van der Waals surface area contributed by atoms with Crippen LogP contribution in [-0.4, -0.2) is 46.6 Å². The van der Waals surface area contributed by atoms with E-state index in [1.165, 1.54) is 38.5 Å². The average Bonchev–Trinajstić information content (AvgIpc) is 3.07. The van der Waals surface area contributed by atoms with Crippen LogP contribution in [0.25, 0.3) is 0 Å². The molecule has 2 aliphatic carbocycles. The zero-order valence-corrected chi connectivity index (χ0v) is 15.0. The van der Waals surface area contributed by atoms with Gasteiger partial charge >= 0.3 is 0 Å². The molecule has 1 aromatic rings. The maximum Gasteiger partial charge on any atom is 0.191 e. The number of hydrogen-bond donors (Lipinski definition) is 2. The van der Waals surface area contributed by atoms with Gasteiger partial charge in [-0.2, -0.15) is 0 Å². The second-order valence-corrected chi connectivity index (χ2v) is 7.21. The quantitative estimate of drug-likeness (QED) is 0.346. The van der Waals surface area contributed by atoms with Gasteiger partial charge in [0.1, 0.15) is 5.82 Å². The lowest BCUT2D eigenvalue weighted by atomic mass is 10.2. The highest BCUT2D eigenvalue weighted by Gasteiger charge is 2.24. The number of nitrogens with zero attached hydrogens (tertiary/aromatic N) is 4.